The Morgan fingerprint density at radius 2 is 1.94 bits per heavy atom. The molecule has 0 radical (unpaired) electrons. The molecule has 2 heteroatoms. The van der Waals surface area contributed by atoms with Crippen LogP contribution >= 0.6 is 0 Å². The van der Waals surface area contributed by atoms with Crippen molar-refractivity contribution in [3.63, 3.8) is 0 Å². The quantitative estimate of drug-likeness (QED) is 0.822. The average molecular weight is 237 g/mol. The van der Waals surface area contributed by atoms with E-state index < -0.39 is 0 Å². The fourth-order valence-corrected chi connectivity index (χ4v) is 2.29. The second-order valence-electron chi connectivity index (χ2n) is 6.16. The highest BCUT2D eigenvalue weighted by Crippen LogP contribution is 2.28. The summed E-state index contributed by atoms with van der Waals surface area (Å²) in [5.74, 6) is 2.06. The molecule has 1 unspecified atom stereocenters. The lowest BCUT2D eigenvalue weighted by atomic mass is 9.88. The highest BCUT2D eigenvalue weighted by atomic mass is 16.3. The van der Waals surface area contributed by atoms with Gasteiger partial charge in [-0.25, -0.2) is 0 Å². The van der Waals surface area contributed by atoms with Gasteiger partial charge in [-0.3, -0.25) is 0 Å². The Kier molecular flexibility index (Phi) is 4.81. The molecule has 0 aliphatic carbocycles. The molecule has 0 amide bonds. The topological polar surface area (TPSA) is 25.2 Å². The fraction of sp³-hybridized carbons (Fsp3) is 0.733. The van der Waals surface area contributed by atoms with Gasteiger partial charge in [-0.15, -0.1) is 0 Å². The summed E-state index contributed by atoms with van der Waals surface area (Å²) in [6, 6.07) is 2.59. The monoisotopic (exact) mass is 237 g/mol. The Bertz CT molecular complexity index is 346. The molecule has 0 saturated carbocycles. The van der Waals surface area contributed by atoms with E-state index in [1.165, 1.54) is 24.8 Å². The molecule has 1 rings (SSSR count). The van der Waals surface area contributed by atoms with E-state index in [0.717, 1.165) is 11.5 Å². The minimum Gasteiger partial charge on any atom is -0.466 e. The lowest BCUT2D eigenvalue weighted by Crippen LogP contribution is -2.17. The van der Waals surface area contributed by atoms with Gasteiger partial charge in [0.05, 0.1) is 0 Å². The van der Waals surface area contributed by atoms with Crippen molar-refractivity contribution in [1.82, 2.24) is 5.32 Å². The van der Waals surface area contributed by atoms with Crippen LogP contribution < -0.4 is 5.32 Å². The largest absolute Gasteiger partial charge is 0.466 e. The molecule has 0 fully saturated rings. The van der Waals surface area contributed by atoms with Crippen LogP contribution in [0.25, 0.3) is 0 Å². The van der Waals surface area contributed by atoms with Gasteiger partial charge in [-0.05, 0) is 45.2 Å². The number of nitrogens with one attached hydrogen (secondary N) is 1. The predicted molar refractivity (Wildman–Crippen MR) is 73.3 cm³/mol. The van der Waals surface area contributed by atoms with Crippen molar-refractivity contribution >= 4 is 0 Å². The first-order valence-corrected chi connectivity index (χ1v) is 6.57. The standard InChI is InChI=1S/C15H27NO/c1-11-10-13(12(2)17-11)14(16-6)8-7-9-15(3,4)5/h10,14,16H,7-9H2,1-6H3. The van der Waals surface area contributed by atoms with Crippen molar-refractivity contribution in [2.45, 2.75) is 59.9 Å². The molecule has 1 N–H and O–H groups in total. The molecule has 17 heavy (non-hydrogen) atoms. The van der Waals surface area contributed by atoms with Gasteiger partial charge >= 0.3 is 0 Å². The van der Waals surface area contributed by atoms with Gasteiger partial charge in [0.2, 0.25) is 0 Å². The highest BCUT2D eigenvalue weighted by molar-refractivity contribution is 5.23. The molecular weight excluding hydrogens is 210 g/mol. The van der Waals surface area contributed by atoms with Crippen LogP contribution in [0, 0.1) is 19.3 Å². The van der Waals surface area contributed by atoms with E-state index in [2.05, 4.69) is 39.1 Å². The van der Waals surface area contributed by atoms with Gasteiger partial charge < -0.3 is 9.73 Å². The second-order valence-corrected chi connectivity index (χ2v) is 6.16. The summed E-state index contributed by atoms with van der Waals surface area (Å²) in [5.41, 5.74) is 1.75. The molecule has 0 aliphatic heterocycles. The molecule has 0 bridgehead atoms. The van der Waals surface area contributed by atoms with E-state index in [9.17, 15) is 0 Å². The zero-order valence-corrected chi connectivity index (χ0v) is 12.2. The van der Waals surface area contributed by atoms with Gasteiger partial charge in [0, 0.05) is 11.6 Å². The third kappa shape index (κ3) is 4.55. The van der Waals surface area contributed by atoms with Crippen LogP contribution in [-0.4, -0.2) is 7.05 Å². The lowest BCUT2D eigenvalue weighted by molar-refractivity contribution is 0.346. The van der Waals surface area contributed by atoms with Crippen molar-refractivity contribution in [2.75, 3.05) is 7.05 Å². The molecule has 98 valence electrons. The molecule has 1 atom stereocenters. The highest BCUT2D eigenvalue weighted by Gasteiger charge is 2.17. The Morgan fingerprint density at radius 3 is 2.35 bits per heavy atom. The summed E-state index contributed by atoms with van der Waals surface area (Å²) in [6.07, 6.45) is 3.69. The smallest absolute Gasteiger partial charge is 0.105 e. The van der Waals surface area contributed by atoms with Crippen molar-refractivity contribution < 1.29 is 4.42 Å². The fourth-order valence-electron chi connectivity index (χ4n) is 2.29. The van der Waals surface area contributed by atoms with Gasteiger partial charge in [-0.1, -0.05) is 27.2 Å². The van der Waals surface area contributed by atoms with Crippen LogP contribution in [0.1, 0.15) is 63.2 Å². The maximum absolute atomic E-state index is 5.60. The maximum atomic E-state index is 5.60. The predicted octanol–water partition coefficient (Wildman–Crippen LogP) is 4.37. The van der Waals surface area contributed by atoms with Crippen LogP contribution in [-0.2, 0) is 0 Å². The van der Waals surface area contributed by atoms with Crippen LogP contribution in [0.5, 0.6) is 0 Å². The van der Waals surface area contributed by atoms with E-state index >= 15 is 0 Å². The van der Waals surface area contributed by atoms with Crippen molar-refractivity contribution in [3.05, 3.63) is 23.2 Å². The number of rotatable bonds is 5. The first-order valence-electron chi connectivity index (χ1n) is 6.57. The lowest BCUT2D eigenvalue weighted by Gasteiger charge is -2.21. The first-order chi connectivity index (χ1) is 7.83. The third-order valence-electron chi connectivity index (χ3n) is 3.22. The SMILES string of the molecule is CNC(CCCC(C)(C)C)c1cc(C)oc1C. The molecule has 0 aliphatic rings. The molecule has 1 aromatic rings. The van der Waals surface area contributed by atoms with E-state index in [0.29, 0.717) is 11.5 Å². The van der Waals surface area contributed by atoms with Crippen molar-refractivity contribution in [2.24, 2.45) is 5.41 Å². The molecule has 2 nitrogen and oxygen atoms in total. The minimum atomic E-state index is 0.426. The van der Waals surface area contributed by atoms with Crippen LogP contribution in [0.15, 0.2) is 10.5 Å². The second kappa shape index (κ2) is 5.72. The molecule has 0 spiro atoms. The minimum absolute atomic E-state index is 0.426. The van der Waals surface area contributed by atoms with Crippen LogP contribution in [0.2, 0.25) is 0 Å². The number of hydrogen-bond acceptors (Lipinski definition) is 2. The van der Waals surface area contributed by atoms with E-state index in [1.807, 2.05) is 14.0 Å². The number of furan rings is 1. The molecule has 0 saturated heterocycles. The normalized spacial score (nSPS) is 14.0. The Hall–Kier alpha value is -0.760. The summed E-state index contributed by atoms with van der Waals surface area (Å²) in [7, 11) is 2.03. The molecule has 1 aromatic heterocycles. The first kappa shape index (κ1) is 14.3. The summed E-state index contributed by atoms with van der Waals surface area (Å²) < 4.78 is 5.60. The van der Waals surface area contributed by atoms with E-state index in [4.69, 9.17) is 4.42 Å². The van der Waals surface area contributed by atoms with Gasteiger partial charge in [0.1, 0.15) is 11.5 Å². The molecule has 1 heterocycles. The molecule has 0 aromatic carbocycles. The van der Waals surface area contributed by atoms with Gasteiger partial charge in [0.15, 0.2) is 0 Å². The maximum Gasteiger partial charge on any atom is 0.105 e. The Morgan fingerprint density at radius 1 is 1.29 bits per heavy atom. The van der Waals surface area contributed by atoms with Crippen LogP contribution in [0.3, 0.4) is 0 Å². The zero-order chi connectivity index (χ0) is 13.1. The van der Waals surface area contributed by atoms with Crippen LogP contribution in [0.4, 0.5) is 0 Å². The Balaban J connectivity index is 2.57. The average Bonchev–Trinajstić information content (AvgIpc) is 2.51. The summed E-state index contributed by atoms with van der Waals surface area (Å²) in [6.45, 7) is 11.0. The summed E-state index contributed by atoms with van der Waals surface area (Å²) in [4.78, 5) is 0. The summed E-state index contributed by atoms with van der Waals surface area (Å²) >= 11 is 0. The van der Waals surface area contributed by atoms with Gasteiger partial charge in [-0.2, -0.15) is 0 Å². The van der Waals surface area contributed by atoms with E-state index in [-0.39, 0.29) is 0 Å². The third-order valence-corrected chi connectivity index (χ3v) is 3.22. The van der Waals surface area contributed by atoms with Crippen molar-refractivity contribution in [1.29, 1.82) is 0 Å². The van der Waals surface area contributed by atoms with E-state index in [1.54, 1.807) is 0 Å². The Labute approximate surface area is 106 Å². The van der Waals surface area contributed by atoms with Gasteiger partial charge in [0.25, 0.3) is 0 Å². The van der Waals surface area contributed by atoms with Crippen molar-refractivity contribution in [3.8, 4) is 0 Å². The zero-order valence-electron chi connectivity index (χ0n) is 12.2. The summed E-state index contributed by atoms with van der Waals surface area (Å²) in [5, 5.41) is 3.40. The number of hydrogen-bond donors (Lipinski definition) is 1. The number of aryl methyl sites for hydroxylation is 2. The molecular formula is C15H27NO.